The van der Waals surface area contributed by atoms with Crippen LogP contribution in [-0.4, -0.2) is 42.9 Å². The number of amides is 1. The van der Waals surface area contributed by atoms with E-state index in [9.17, 15) is 9.59 Å². The quantitative estimate of drug-likeness (QED) is 0.744. The Kier molecular flexibility index (Phi) is 3.12. The minimum Gasteiger partial charge on any atom is -0.430 e. The molecule has 102 valence electrons. The number of likely N-dealkylation sites (tertiary alicyclic amines) is 1. The Morgan fingerprint density at radius 3 is 2.42 bits per heavy atom. The van der Waals surface area contributed by atoms with Gasteiger partial charge in [0, 0.05) is 32.0 Å². The molecule has 1 aromatic heterocycles. The fourth-order valence-corrected chi connectivity index (χ4v) is 2.50. The van der Waals surface area contributed by atoms with Crippen LogP contribution in [0.1, 0.15) is 23.2 Å². The SMILES string of the molecule is O=C(c1ccc(=O)oc1)N1CCC2(CC1)OCCO2. The summed E-state index contributed by atoms with van der Waals surface area (Å²) in [5, 5.41) is 0. The Labute approximate surface area is 109 Å². The maximum atomic E-state index is 12.2. The van der Waals surface area contributed by atoms with E-state index in [-0.39, 0.29) is 5.91 Å². The van der Waals surface area contributed by atoms with Crippen molar-refractivity contribution in [2.24, 2.45) is 0 Å². The molecule has 3 rings (SSSR count). The van der Waals surface area contributed by atoms with Crippen molar-refractivity contribution in [1.82, 2.24) is 4.90 Å². The van der Waals surface area contributed by atoms with Gasteiger partial charge in [-0.3, -0.25) is 4.79 Å². The molecule has 0 bridgehead atoms. The van der Waals surface area contributed by atoms with Crippen LogP contribution in [0.15, 0.2) is 27.6 Å². The van der Waals surface area contributed by atoms with Gasteiger partial charge in [-0.15, -0.1) is 0 Å². The Morgan fingerprint density at radius 2 is 1.84 bits per heavy atom. The second-order valence-electron chi connectivity index (χ2n) is 4.74. The Morgan fingerprint density at radius 1 is 1.16 bits per heavy atom. The standard InChI is InChI=1S/C13H15NO5/c15-11-2-1-10(9-17-11)12(16)14-5-3-13(4-6-14)18-7-8-19-13/h1-2,9H,3-8H2. The van der Waals surface area contributed by atoms with Gasteiger partial charge in [0.25, 0.3) is 5.91 Å². The Hall–Kier alpha value is -1.66. The lowest BCUT2D eigenvalue weighted by molar-refractivity contribution is -0.181. The normalized spacial score (nSPS) is 21.8. The molecule has 2 aliphatic heterocycles. The molecule has 6 nitrogen and oxygen atoms in total. The minimum absolute atomic E-state index is 0.128. The number of hydrogen-bond acceptors (Lipinski definition) is 5. The summed E-state index contributed by atoms with van der Waals surface area (Å²) in [6, 6.07) is 2.74. The fourth-order valence-electron chi connectivity index (χ4n) is 2.50. The summed E-state index contributed by atoms with van der Waals surface area (Å²) >= 11 is 0. The summed E-state index contributed by atoms with van der Waals surface area (Å²) in [5.41, 5.74) is -0.0642. The van der Waals surface area contributed by atoms with E-state index in [4.69, 9.17) is 13.9 Å². The highest BCUT2D eigenvalue weighted by Gasteiger charge is 2.40. The van der Waals surface area contributed by atoms with Crippen molar-refractivity contribution in [2.75, 3.05) is 26.3 Å². The van der Waals surface area contributed by atoms with Gasteiger partial charge in [0.2, 0.25) is 0 Å². The van der Waals surface area contributed by atoms with E-state index < -0.39 is 11.4 Å². The summed E-state index contributed by atoms with van der Waals surface area (Å²) in [5.74, 6) is -0.614. The lowest BCUT2D eigenvalue weighted by Gasteiger charge is -2.37. The van der Waals surface area contributed by atoms with Crippen LogP contribution in [-0.2, 0) is 9.47 Å². The monoisotopic (exact) mass is 265 g/mol. The molecule has 3 heterocycles. The van der Waals surface area contributed by atoms with Crippen LogP contribution in [0.25, 0.3) is 0 Å². The van der Waals surface area contributed by atoms with Crippen LogP contribution in [0, 0.1) is 0 Å². The van der Waals surface area contributed by atoms with E-state index in [0.717, 1.165) is 0 Å². The van der Waals surface area contributed by atoms with Crippen molar-refractivity contribution < 1.29 is 18.7 Å². The van der Waals surface area contributed by atoms with Crippen molar-refractivity contribution >= 4 is 5.91 Å². The highest BCUT2D eigenvalue weighted by molar-refractivity contribution is 5.93. The molecular formula is C13H15NO5. The summed E-state index contributed by atoms with van der Waals surface area (Å²) in [4.78, 5) is 24.8. The van der Waals surface area contributed by atoms with E-state index in [0.29, 0.717) is 44.7 Å². The van der Waals surface area contributed by atoms with E-state index in [1.54, 1.807) is 4.90 Å². The first-order valence-corrected chi connectivity index (χ1v) is 6.35. The average molecular weight is 265 g/mol. The van der Waals surface area contributed by atoms with Gasteiger partial charge in [0.05, 0.1) is 18.8 Å². The zero-order chi connectivity index (χ0) is 13.3. The zero-order valence-corrected chi connectivity index (χ0v) is 10.5. The lowest BCUT2D eigenvalue weighted by Crippen LogP contribution is -2.47. The predicted octanol–water partition coefficient (Wildman–Crippen LogP) is 0.619. The zero-order valence-electron chi connectivity index (χ0n) is 10.5. The maximum Gasteiger partial charge on any atom is 0.335 e. The molecule has 0 aliphatic carbocycles. The van der Waals surface area contributed by atoms with Gasteiger partial charge < -0.3 is 18.8 Å². The second-order valence-corrected chi connectivity index (χ2v) is 4.74. The molecule has 1 aromatic rings. The third kappa shape index (κ3) is 2.41. The molecule has 1 spiro atoms. The average Bonchev–Trinajstić information content (AvgIpc) is 2.88. The fraction of sp³-hybridized carbons (Fsp3) is 0.538. The third-order valence-corrected chi connectivity index (χ3v) is 3.57. The number of carbonyl (C=O) groups is 1. The topological polar surface area (TPSA) is 69.0 Å². The molecule has 2 saturated heterocycles. The van der Waals surface area contributed by atoms with Crippen molar-refractivity contribution in [3.05, 3.63) is 34.4 Å². The number of rotatable bonds is 1. The number of ether oxygens (including phenoxy) is 2. The highest BCUT2D eigenvalue weighted by atomic mass is 16.7. The second kappa shape index (κ2) is 4.79. The third-order valence-electron chi connectivity index (χ3n) is 3.57. The molecule has 0 aromatic carbocycles. The van der Waals surface area contributed by atoms with E-state index in [1.807, 2.05) is 0 Å². The summed E-state index contributed by atoms with van der Waals surface area (Å²) in [7, 11) is 0. The number of nitrogens with zero attached hydrogens (tertiary/aromatic N) is 1. The van der Waals surface area contributed by atoms with Gasteiger partial charge in [-0.2, -0.15) is 0 Å². The van der Waals surface area contributed by atoms with Crippen LogP contribution in [0.5, 0.6) is 0 Å². The van der Waals surface area contributed by atoms with Gasteiger partial charge in [-0.05, 0) is 6.07 Å². The largest absolute Gasteiger partial charge is 0.430 e. The molecule has 2 aliphatic rings. The first kappa shape index (κ1) is 12.4. The van der Waals surface area contributed by atoms with Gasteiger partial charge in [-0.25, -0.2) is 4.79 Å². The van der Waals surface area contributed by atoms with Crippen LogP contribution in [0.2, 0.25) is 0 Å². The predicted molar refractivity (Wildman–Crippen MR) is 64.8 cm³/mol. The van der Waals surface area contributed by atoms with Gasteiger partial charge >= 0.3 is 5.63 Å². The molecule has 1 amide bonds. The van der Waals surface area contributed by atoms with Gasteiger partial charge in [-0.1, -0.05) is 0 Å². The van der Waals surface area contributed by atoms with Crippen LogP contribution < -0.4 is 5.63 Å². The van der Waals surface area contributed by atoms with Crippen molar-refractivity contribution in [2.45, 2.75) is 18.6 Å². The lowest BCUT2D eigenvalue weighted by atomic mass is 10.0. The van der Waals surface area contributed by atoms with Crippen molar-refractivity contribution in [3.63, 3.8) is 0 Å². The Bertz CT molecular complexity index is 502. The number of carbonyl (C=O) groups excluding carboxylic acids is 1. The highest BCUT2D eigenvalue weighted by Crippen LogP contribution is 2.31. The van der Waals surface area contributed by atoms with Crippen LogP contribution >= 0.6 is 0 Å². The van der Waals surface area contributed by atoms with E-state index >= 15 is 0 Å². The van der Waals surface area contributed by atoms with Crippen LogP contribution in [0.3, 0.4) is 0 Å². The smallest absolute Gasteiger partial charge is 0.335 e. The van der Waals surface area contributed by atoms with E-state index in [1.165, 1.54) is 18.4 Å². The first-order valence-electron chi connectivity index (χ1n) is 6.35. The molecule has 0 radical (unpaired) electrons. The molecule has 2 fully saturated rings. The minimum atomic E-state index is -0.486. The first-order chi connectivity index (χ1) is 9.19. The van der Waals surface area contributed by atoms with Gasteiger partial charge in [0.15, 0.2) is 5.79 Å². The molecular weight excluding hydrogens is 250 g/mol. The maximum absolute atomic E-state index is 12.2. The number of piperidine rings is 1. The van der Waals surface area contributed by atoms with Gasteiger partial charge in [0.1, 0.15) is 6.26 Å². The molecule has 0 saturated carbocycles. The Balaban J connectivity index is 1.66. The summed E-state index contributed by atoms with van der Waals surface area (Å²) in [6.07, 6.45) is 2.56. The molecule has 0 N–H and O–H groups in total. The number of hydrogen-bond donors (Lipinski definition) is 0. The summed E-state index contributed by atoms with van der Waals surface area (Å²) < 4.78 is 15.9. The molecule has 6 heteroatoms. The van der Waals surface area contributed by atoms with Crippen molar-refractivity contribution in [1.29, 1.82) is 0 Å². The molecule has 19 heavy (non-hydrogen) atoms. The molecule has 0 atom stereocenters. The molecule has 0 unspecified atom stereocenters. The van der Waals surface area contributed by atoms with Crippen molar-refractivity contribution in [3.8, 4) is 0 Å². The summed E-state index contributed by atoms with van der Waals surface area (Å²) in [6.45, 7) is 2.41. The van der Waals surface area contributed by atoms with E-state index in [2.05, 4.69) is 0 Å². The van der Waals surface area contributed by atoms with Crippen LogP contribution in [0.4, 0.5) is 0 Å².